The Morgan fingerprint density at radius 2 is 2.18 bits per heavy atom. The van der Waals surface area contributed by atoms with Crippen molar-refractivity contribution in [2.24, 2.45) is 0 Å². The summed E-state index contributed by atoms with van der Waals surface area (Å²) in [6.07, 6.45) is 0.731. The van der Waals surface area contributed by atoms with E-state index in [4.69, 9.17) is 9.57 Å². The molecule has 0 spiro atoms. The first kappa shape index (κ1) is 12.3. The summed E-state index contributed by atoms with van der Waals surface area (Å²) in [6.45, 7) is 2.67. The number of hydrogen-bond acceptors (Lipinski definition) is 4. The first-order valence-electron chi connectivity index (χ1n) is 5.36. The van der Waals surface area contributed by atoms with E-state index in [-0.39, 0.29) is 4.90 Å². The number of hydrogen-bond donors (Lipinski definition) is 0. The van der Waals surface area contributed by atoms with Gasteiger partial charge >= 0.3 is 0 Å². The molecule has 1 aliphatic heterocycles. The number of rotatable bonds is 3. The smallest absolute Gasteiger partial charge is 0.265 e. The molecule has 1 aromatic carbocycles. The summed E-state index contributed by atoms with van der Waals surface area (Å²) in [5.41, 5.74) is 0.785. The van der Waals surface area contributed by atoms with Gasteiger partial charge in [0.1, 0.15) is 5.75 Å². The number of aryl methyl sites for hydroxylation is 1. The topological polar surface area (TPSA) is 55.8 Å². The molecule has 2 rings (SSSR count). The fourth-order valence-corrected chi connectivity index (χ4v) is 3.13. The molecule has 0 N–H and O–H groups in total. The van der Waals surface area contributed by atoms with Crippen LogP contribution in [0.15, 0.2) is 23.1 Å². The van der Waals surface area contributed by atoms with Crippen molar-refractivity contribution < 1.29 is 18.0 Å². The third kappa shape index (κ3) is 2.29. The third-order valence-electron chi connectivity index (χ3n) is 2.65. The van der Waals surface area contributed by atoms with Crippen molar-refractivity contribution in [3.05, 3.63) is 23.8 Å². The predicted molar refractivity (Wildman–Crippen MR) is 62.2 cm³/mol. The molecule has 5 nitrogen and oxygen atoms in total. The highest BCUT2D eigenvalue weighted by Gasteiger charge is 2.28. The Hall–Kier alpha value is -1.11. The van der Waals surface area contributed by atoms with Gasteiger partial charge in [-0.3, -0.25) is 4.84 Å². The van der Waals surface area contributed by atoms with Crippen LogP contribution in [0.25, 0.3) is 0 Å². The van der Waals surface area contributed by atoms with E-state index in [2.05, 4.69) is 0 Å². The maximum Gasteiger partial charge on any atom is 0.265 e. The molecule has 1 heterocycles. The number of benzene rings is 1. The highest BCUT2D eigenvalue weighted by Crippen LogP contribution is 2.25. The lowest BCUT2D eigenvalue weighted by Crippen LogP contribution is -2.26. The quantitative estimate of drug-likeness (QED) is 0.819. The van der Waals surface area contributed by atoms with E-state index in [1.807, 2.05) is 6.92 Å². The second-order valence-electron chi connectivity index (χ2n) is 3.85. The zero-order chi connectivity index (χ0) is 12.5. The van der Waals surface area contributed by atoms with Crippen molar-refractivity contribution in [2.45, 2.75) is 18.2 Å². The second kappa shape index (κ2) is 4.64. The van der Waals surface area contributed by atoms with Crippen molar-refractivity contribution in [3.63, 3.8) is 0 Å². The van der Waals surface area contributed by atoms with Gasteiger partial charge in [-0.2, -0.15) is 0 Å². The van der Waals surface area contributed by atoms with Gasteiger partial charge < -0.3 is 4.74 Å². The highest BCUT2D eigenvalue weighted by atomic mass is 32.2. The molecule has 0 aliphatic carbocycles. The van der Waals surface area contributed by atoms with Crippen LogP contribution in [-0.4, -0.2) is 33.1 Å². The summed E-state index contributed by atoms with van der Waals surface area (Å²) in [5, 5.41) is 0. The third-order valence-corrected chi connectivity index (χ3v) is 4.33. The molecular formula is C11H15NO4S. The van der Waals surface area contributed by atoms with Crippen LogP contribution in [0.4, 0.5) is 0 Å². The normalized spacial score (nSPS) is 17.3. The first-order chi connectivity index (χ1) is 8.05. The molecule has 0 atom stereocenters. The van der Waals surface area contributed by atoms with E-state index >= 15 is 0 Å². The van der Waals surface area contributed by atoms with E-state index in [1.54, 1.807) is 19.2 Å². The molecule has 0 aromatic heterocycles. The molecular weight excluding hydrogens is 242 g/mol. The Bertz CT molecular complexity index is 506. The van der Waals surface area contributed by atoms with Crippen LogP contribution in [0.5, 0.6) is 5.75 Å². The summed E-state index contributed by atoms with van der Waals surface area (Å²) in [6, 6.07) is 4.77. The Kier molecular flexibility index (Phi) is 3.37. The van der Waals surface area contributed by atoms with E-state index in [0.29, 0.717) is 18.9 Å². The van der Waals surface area contributed by atoms with Gasteiger partial charge in [-0.05, 0) is 37.1 Å². The summed E-state index contributed by atoms with van der Waals surface area (Å²) in [5.74, 6) is 0.672. The van der Waals surface area contributed by atoms with Crippen molar-refractivity contribution in [1.29, 1.82) is 0 Å². The molecule has 17 heavy (non-hydrogen) atoms. The number of hydroxylamine groups is 1. The van der Waals surface area contributed by atoms with E-state index in [0.717, 1.165) is 16.5 Å². The molecule has 6 heteroatoms. The Morgan fingerprint density at radius 1 is 1.41 bits per heavy atom. The minimum atomic E-state index is -3.53. The lowest BCUT2D eigenvalue weighted by molar-refractivity contribution is -0.0284. The fraction of sp³-hybridized carbons (Fsp3) is 0.455. The molecule has 0 radical (unpaired) electrons. The van der Waals surface area contributed by atoms with Gasteiger partial charge in [0.05, 0.1) is 18.6 Å². The molecule has 94 valence electrons. The molecule has 0 amide bonds. The molecule has 1 aliphatic rings. The van der Waals surface area contributed by atoms with Crippen LogP contribution in [0.3, 0.4) is 0 Å². The molecule has 1 aromatic rings. The predicted octanol–water partition coefficient (Wildman–Crippen LogP) is 1.33. The van der Waals surface area contributed by atoms with Gasteiger partial charge in [0.25, 0.3) is 10.0 Å². The highest BCUT2D eigenvalue weighted by molar-refractivity contribution is 7.89. The zero-order valence-electron chi connectivity index (χ0n) is 9.84. The van der Waals surface area contributed by atoms with Crippen LogP contribution < -0.4 is 4.74 Å². The SMILES string of the molecule is COc1ccc(S(=O)(=O)N2CCCO2)cc1C. The average molecular weight is 257 g/mol. The maximum atomic E-state index is 12.1. The summed E-state index contributed by atoms with van der Waals surface area (Å²) in [4.78, 5) is 5.32. The first-order valence-corrected chi connectivity index (χ1v) is 6.80. The Labute approximate surface area is 101 Å². The molecule has 0 saturated carbocycles. The summed E-state index contributed by atoms with van der Waals surface area (Å²) < 4.78 is 30.4. The number of sulfonamides is 1. The molecule has 0 unspecified atom stereocenters. The van der Waals surface area contributed by atoms with Gasteiger partial charge in [0.2, 0.25) is 0 Å². The van der Waals surface area contributed by atoms with Crippen LogP contribution in [0.2, 0.25) is 0 Å². The van der Waals surface area contributed by atoms with Crippen molar-refractivity contribution in [3.8, 4) is 5.75 Å². The standard InChI is InChI=1S/C11H15NO4S/c1-9-8-10(4-5-11(9)15-2)17(13,14)12-6-3-7-16-12/h4-5,8H,3,6-7H2,1-2H3. The van der Waals surface area contributed by atoms with Gasteiger partial charge in [-0.25, -0.2) is 8.42 Å². The monoisotopic (exact) mass is 257 g/mol. The van der Waals surface area contributed by atoms with E-state index < -0.39 is 10.0 Å². The fourth-order valence-electron chi connectivity index (χ4n) is 1.74. The summed E-state index contributed by atoms with van der Waals surface area (Å²) in [7, 11) is -1.97. The van der Waals surface area contributed by atoms with E-state index in [1.165, 1.54) is 6.07 Å². The Morgan fingerprint density at radius 3 is 2.71 bits per heavy atom. The van der Waals surface area contributed by atoms with Gasteiger partial charge in [0, 0.05) is 6.54 Å². The lowest BCUT2D eigenvalue weighted by atomic mass is 10.2. The number of nitrogens with zero attached hydrogens (tertiary/aromatic N) is 1. The number of ether oxygens (including phenoxy) is 1. The maximum absolute atomic E-state index is 12.1. The minimum Gasteiger partial charge on any atom is -0.496 e. The van der Waals surface area contributed by atoms with Crippen molar-refractivity contribution in [2.75, 3.05) is 20.3 Å². The average Bonchev–Trinajstić information content (AvgIpc) is 2.83. The molecule has 1 saturated heterocycles. The van der Waals surface area contributed by atoms with Crippen LogP contribution in [0, 0.1) is 6.92 Å². The van der Waals surface area contributed by atoms with Crippen LogP contribution in [-0.2, 0) is 14.9 Å². The van der Waals surface area contributed by atoms with Crippen molar-refractivity contribution in [1.82, 2.24) is 4.47 Å². The second-order valence-corrected chi connectivity index (χ2v) is 5.68. The van der Waals surface area contributed by atoms with Gasteiger partial charge in [-0.1, -0.05) is 4.47 Å². The van der Waals surface area contributed by atoms with Crippen LogP contribution >= 0.6 is 0 Å². The van der Waals surface area contributed by atoms with Crippen molar-refractivity contribution >= 4 is 10.0 Å². The van der Waals surface area contributed by atoms with Crippen LogP contribution in [0.1, 0.15) is 12.0 Å². The zero-order valence-corrected chi connectivity index (χ0v) is 10.7. The lowest BCUT2D eigenvalue weighted by Gasteiger charge is -2.15. The molecule has 1 fully saturated rings. The summed E-state index contributed by atoms with van der Waals surface area (Å²) >= 11 is 0. The Balaban J connectivity index is 2.36. The molecule has 0 bridgehead atoms. The number of methoxy groups -OCH3 is 1. The van der Waals surface area contributed by atoms with Gasteiger partial charge in [0.15, 0.2) is 0 Å². The van der Waals surface area contributed by atoms with E-state index in [9.17, 15) is 8.42 Å². The largest absolute Gasteiger partial charge is 0.496 e. The minimum absolute atomic E-state index is 0.234. The van der Waals surface area contributed by atoms with Gasteiger partial charge in [-0.15, -0.1) is 0 Å².